The van der Waals surface area contributed by atoms with Crippen molar-refractivity contribution in [2.45, 2.75) is 57.3 Å². The van der Waals surface area contributed by atoms with Crippen LogP contribution in [0.4, 0.5) is 4.79 Å². The first-order valence-corrected chi connectivity index (χ1v) is 11.2. The second-order valence-corrected chi connectivity index (χ2v) is 8.50. The van der Waals surface area contributed by atoms with Gasteiger partial charge in [-0.3, -0.25) is 4.79 Å². The molecule has 2 aromatic rings. The lowest BCUT2D eigenvalue weighted by Gasteiger charge is -2.36. The molecule has 1 amide bonds. The number of carbonyl (C=O) groups excluding carboxylic acids is 2. The van der Waals surface area contributed by atoms with Crippen LogP contribution in [0.2, 0.25) is 0 Å². The van der Waals surface area contributed by atoms with Crippen LogP contribution < -0.4 is 10.9 Å². The lowest BCUT2D eigenvalue weighted by atomic mass is 9.85. The van der Waals surface area contributed by atoms with E-state index in [0.717, 1.165) is 5.56 Å². The number of fused-ring (bicyclic) bond motifs is 3. The molecule has 5 rings (SSSR count). The molecular weight excluding hydrogens is 428 g/mol. The maximum Gasteiger partial charge on any atom is 0.409 e. The van der Waals surface area contributed by atoms with Gasteiger partial charge in [0, 0.05) is 18.5 Å². The molecule has 33 heavy (non-hydrogen) atoms. The summed E-state index contributed by atoms with van der Waals surface area (Å²) in [5, 5.41) is 2.77. The van der Waals surface area contributed by atoms with Crippen molar-refractivity contribution in [1.82, 2.24) is 9.88 Å². The van der Waals surface area contributed by atoms with Gasteiger partial charge in [0.1, 0.15) is 6.61 Å². The van der Waals surface area contributed by atoms with Gasteiger partial charge in [-0.25, -0.2) is 9.59 Å². The molecule has 1 fully saturated rings. The first kappa shape index (κ1) is 21.7. The van der Waals surface area contributed by atoms with Gasteiger partial charge in [-0.2, -0.15) is 0 Å². The number of hydrogen-bond acceptors (Lipinski definition) is 7. The molecule has 9 nitrogen and oxygen atoms in total. The molecule has 2 atom stereocenters. The van der Waals surface area contributed by atoms with Gasteiger partial charge in [-0.05, 0) is 25.0 Å². The smallest absolute Gasteiger partial charge is 0.409 e. The highest BCUT2D eigenvalue weighted by atomic mass is 16.7. The molecule has 0 aliphatic carbocycles. The summed E-state index contributed by atoms with van der Waals surface area (Å²) >= 11 is 0. The van der Waals surface area contributed by atoms with Crippen molar-refractivity contribution in [2.75, 3.05) is 13.2 Å². The molecule has 3 aliphatic rings. The number of nitrogens with zero attached hydrogens (tertiary/aromatic N) is 1. The van der Waals surface area contributed by atoms with Crippen LogP contribution in [0.15, 0.2) is 41.2 Å². The molecule has 1 aromatic heterocycles. The Kier molecular flexibility index (Phi) is 5.25. The fourth-order valence-electron chi connectivity index (χ4n) is 4.92. The molecule has 0 radical (unpaired) electrons. The van der Waals surface area contributed by atoms with Gasteiger partial charge >= 0.3 is 12.1 Å². The van der Waals surface area contributed by atoms with Crippen LogP contribution in [0.5, 0.6) is 0 Å². The van der Waals surface area contributed by atoms with Crippen LogP contribution >= 0.6 is 0 Å². The first-order chi connectivity index (χ1) is 15.9. The van der Waals surface area contributed by atoms with E-state index in [1.807, 2.05) is 37.3 Å². The zero-order valence-corrected chi connectivity index (χ0v) is 18.6. The quantitative estimate of drug-likeness (QED) is 0.708. The summed E-state index contributed by atoms with van der Waals surface area (Å²) in [4.78, 5) is 39.2. The Morgan fingerprint density at radius 1 is 1.21 bits per heavy atom. The Hall–Kier alpha value is -3.17. The summed E-state index contributed by atoms with van der Waals surface area (Å²) in [7, 11) is 0. The number of esters is 1. The summed E-state index contributed by atoms with van der Waals surface area (Å²) in [6, 6.07) is 10.8. The molecule has 0 unspecified atom stereocenters. The minimum absolute atomic E-state index is 0.101. The minimum Gasteiger partial charge on any atom is -0.457 e. The number of hydrogen-bond donors (Lipinski definition) is 1. The third-order valence-corrected chi connectivity index (χ3v) is 6.72. The molecule has 1 aromatic carbocycles. The predicted molar refractivity (Wildman–Crippen MR) is 115 cm³/mol. The normalized spacial score (nSPS) is 23.5. The number of ether oxygens (including phenoxy) is 4. The largest absolute Gasteiger partial charge is 0.457 e. The molecule has 1 spiro atoms. The van der Waals surface area contributed by atoms with Crippen molar-refractivity contribution in [2.24, 2.45) is 0 Å². The van der Waals surface area contributed by atoms with E-state index in [4.69, 9.17) is 18.9 Å². The van der Waals surface area contributed by atoms with Crippen molar-refractivity contribution >= 4 is 12.1 Å². The highest BCUT2D eigenvalue weighted by Crippen LogP contribution is 2.44. The van der Waals surface area contributed by atoms with Crippen LogP contribution in [0, 0.1) is 0 Å². The molecule has 0 saturated carbocycles. The topological polar surface area (TPSA) is 105 Å². The molecule has 9 heteroatoms. The Morgan fingerprint density at radius 3 is 2.64 bits per heavy atom. The van der Waals surface area contributed by atoms with Gasteiger partial charge in [0.15, 0.2) is 0 Å². The molecule has 0 bridgehead atoms. The van der Waals surface area contributed by atoms with E-state index >= 15 is 0 Å². The van der Waals surface area contributed by atoms with Crippen molar-refractivity contribution in [3.05, 3.63) is 69.1 Å². The van der Waals surface area contributed by atoms with Gasteiger partial charge in [0.25, 0.3) is 5.56 Å². The third kappa shape index (κ3) is 3.34. The van der Waals surface area contributed by atoms with Gasteiger partial charge in [0.05, 0.1) is 30.5 Å². The number of rotatable bonds is 4. The van der Waals surface area contributed by atoms with E-state index < -0.39 is 23.5 Å². The number of alkyl carbamates (subject to hydrolysis) is 1. The van der Waals surface area contributed by atoms with Crippen LogP contribution in [-0.4, -0.2) is 29.8 Å². The molecule has 174 valence electrons. The summed E-state index contributed by atoms with van der Waals surface area (Å²) in [5.74, 6) is -1.72. The lowest BCUT2D eigenvalue weighted by molar-refractivity contribution is -0.173. The zero-order chi connectivity index (χ0) is 23.2. The van der Waals surface area contributed by atoms with Gasteiger partial charge in [-0.15, -0.1) is 0 Å². The van der Waals surface area contributed by atoms with Crippen molar-refractivity contribution in [1.29, 1.82) is 0 Å². The van der Waals surface area contributed by atoms with Crippen LogP contribution in [0.25, 0.3) is 0 Å². The second-order valence-electron chi connectivity index (χ2n) is 8.50. The summed E-state index contributed by atoms with van der Waals surface area (Å²) in [6.07, 6.45) is -0.180. The third-order valence-electron chi connectivity index (χ3n) is 6.72. The van der Waals surface area contributed by atoms with Gasteiger partial charge < -0.3 is 28.8 Å². The van der Waals surface area contributed by atoms with Gasteiger partial charge in [-0.1, -0.05) is 37.3 Å². The number of benzene rings is 1. The monoisotopic (exact) mass is 454 g/mol. The molecule has 1 N–H and O–H groups in total. The van der Waals surface area contributed by atoms with Crippen molar-refractivity contribution in [3.63, 3.8) is 0 Å². The van der Waals surface area contributed by atoms with E-state index in [2.05, 4.69) is 5.32 Å². The van der Waals surface area contributed by atoms with E-state index in [9.17, 15) is 14.4 Å². The number of aromatic nitrogens is 1. The fraction of sp³-hybridized carbons (Fsp3) is 0.458. The van der Waals surface area contributed by atoms with Crippen LogP contribution in [0.1, 0.15) is 55.1 Å². The predicted octanol–water partition coefficient (Wildman–Crippen LogP) is 2.60. The lowest BCUT2D eigenvalue weighted by Crippen LogP contribution is -2.49. The second kappa shape index (κ2) is 8.00. The maximum absolute atomic E-state index is 13.3. The SMILES string of the molecule is CC[C@@]1(OC(=O)N[C@H](C)c2ccccc2)C(=O)OCc2c1cc1n(c2=O)CCC12OCCO2. The Labute approximate surface area is 190 Å². The highest BCUT2D eigenvalue weighted by molar-refractivity contribution is 5.86. The molecule has 1 saturated heterocycles. The van der Waals surface area contributed by atoms with E-state index in [1.165, 1.54) is 0 Å². The minimum atomic E-state index is -1.74. The average molecular weight is 454 g/mol. The average Bonchev–Trinajstić information content (AvgIpc) is 3.44. The van der Waals surface area contributed by atoms with E-state index in [0.29, 0.717) is 43.0 Å². The number of nitrogens with one attached hydrogen (secondary N) is 1. The number of pyridine rings is 1. The summed E-state index contributed by atoms with van der Waals surface area (Å²) in [5.41, 5.74) is 0.0358. The van der Waals surface area contributed by atoms with Crippen LogP contribution in [0.3, 0.4) is 0 Å². The first-order valence-electron chi connectivity index (χ1n) is 11.2. The zero-order valence-electron chi connectivity index (χ0n) is 18.6. The van der Waals surface area contributed by atoms with Crippen LogP contribution in [-0.2, 0) is 48.3 Å². The summed E-state index contributed by atoms with van der Waals surface area (Å²) in [6.45, 7) is 4.64. The fourth-order valence-corrected chi connectivity index (χ4v) is 4.92. The molecular formula is C24H26N2O7. The van der Waals surface area contributed by atoms with Crippen molar-refractivity contribution in [3.8, 4) is 0 Å². The Bertz CT molecular complexity index is 1150. The summed E-state index contributed by atoms with van der Waals surface area (Å²) < 4.78 is 24.4. The number of cyclic esters (lactones) is 1. The molecule has 4 heterocycles. The molecule has 3 aliphatic heterocycles. The van der Waals surface area contributed by atoms with E-state index in [1.54, 1.807) is 17.6 Å². The van der Waals surface area contributed by atoms with Gasteiger partial charge in [0.2, 0.25) is 11.4 Å². The number of amides is 1. The highest BCUT2D eigenvalue weighted by Gasteiger charge is 2.53. The van der Waals surface area contributed by atoms with E-state index in [-0.39, 0.29) is 24.6 Å². The Balaban J connectivity index is 1.52. The Morgan fingerprint density at radius 2 is 1.94 bits per heavy atom. The maximum atomic E-state index is 13.3. The van der Waals surface area contributed by atoms with Crippen molar-refractivity contribution < 1.29 is 28.5 Å². The number of carbonyl (C=O) groups is 2. The standard InChI is InChI=1S/C24H26N2O7/c1-3-23(33-22(29)25-15(2)16-7-5-4-6-8-16)18-13-19-24(31-11-12-32-24)9-10-26(19)20(27)17(18)14-30-21(23)28/h4-8,13,15H,3,9-12,14H2,1-2H3,(H,25,29)/t15-,23+/m1/s1.